The lowest BCUT2D eigenvalue weighted by Crippen LogP contribution is -2.54. The molecule has 0 atom stereocenters. The summed E-state index contributed by atoms with van der Waals surface area (Å²) in [4.78, 5) is 37.7. The quantitative estimate of drug-likeness (QED) is 0.468. The average molecular weight is 396 g/mol. The number of methoxy groups -OCH3 is 1. The van der Waals surface area contributed by atoms with E-state index in [1.165, 1.54) is 24.3 Å². The number of carboxylic acid groups (broad SMARTS) is 1. The fourth-order valence-corrected chi connectivity index (χ4v) is 3.04. The third-order valence-corrected chi connectivity index (χ3v) is 4.51. The topological polar surface area (TPSA) is 95.9 Å². The van der Waals surface area contributed by atoms with E-state index in [-0.39, 0.29) is 21.9 Å². The first kappa shape index (κ1) is 19.2. The zero-order chi connectivity index (χ0) is 20.4. The fourth-order valence-electron chi connectivity index (χ4n) is 2.76. The van der Waals surface area contributed by atoms with Crippen LogP contribution in [0.25, 0.3) is 6.08 Å². The number of carbonyl (C=O) groups excluding carboxylic acids is 2. The summed E-state index contributed by atoms with van der Waals surface area (Å²) in [7, 11) is 1.55. The Balaban J connectivity index is 2.03. The summed E-state index contributed by atoms with van der Waals surface area (Å²) in [6.45, 7) is 1.83. The largest absolute Gasteiger partial charge is 0.497 e. The number of ether oxygens (including phenoxy) is 1. The summed E-state index contributed by atoms with van der Waals surface area (Å²) < 4.78 is 5.16. The number of rotatable bonds is 4. The van der Waals surface area contributed by atoms with Gasteiger partial charge in [0.05, 0.1) is 18.4 Å². The molecule has 7 nitrogen and oxygen atoms in total. The number of amides is 2. The standard InChI is InChI=1S/C20H16N2O5S/c1-11-8-15(27-2)7-6-12(11)10-16-17(23)21-20(28)22(18(16)24)14-5-3-4-13(9-14)19(25)26/h3-10H,1-2H3,(H,25,26)(H,21,23,28). The van der Waals surface area contributed by atoms with Crippen molar-refractivity contribution in [1.82, 2.24) is 5.32 Å². The molecule has 0 aromatic heterocycles. The zero-order valence-electron chi connectivity index (χ0n) is 15.1. The second-order valence-corrected chi connectivity index (χ2v) is 6.42. The summed E-state index contributed by atoms with van der Waals surface area (Å²) >= 11 is 5.13. The Bertz CT molecular complexity index is 1040. The van der Waals surface area contributed by atoms with Gasteiger partial charge in [0.2, 0.25) is 0 Å². The van der Waals surface area contributed by atoms with Gasteiger partial charge in [0.25, 0.3) is 11.8 Å². The summed E-state index contributed by atoms with van der Waals surface area (Å²) in [5.74, 6) is -1.72. The van der Waals surface area contributed by atoms with Gasteiger partial charge in [-0.2, -0.15) is 0 Å². The number of hydrogen-bond acceptors (Lipinski definition) is 5. The molecule has 1 heterocycles. The van der Waals surface area contributed by atoms with E-state index in [1.54, 1.807) is 31.4 Å². The molecule has 0 bridgehead atoms. The van der Waals surface area contributed by atoms with E-state index in [0.717, 1.165) is 10.5 Å². The van der Waals surface area contributed by atoms with Crippen molar-refractivity contribution in [3.8, 4) is 5.75 Å². The van der Waals surface area contributed by atoms with Gasteiger partial charge in [0.1, 0.15) is 11.3 Å². The summed E-state index contributed by atoms with van der Waals surface area (Å²) in [5, 5.41) is 11.5. The molecule has 0 aliphatic carbocycles. The second-order valence-electron chi connectivity index (χ2n) is 6.04. The van der Waals surface area contributed by atoms with Gasteiger partial charge in [0, 0.05) is 0 Å². The van der Waals surface area contributed by atoms with Crippen molar-refractivity contribution in [2.24, 2.45) is 0 Å². The average Bonchev–Trinajstić information content (AvgIpc) is 2.66. The van der Waals surface area contributed by atoms with Gasteiger partial charge < -0.3 is 9.84 Å². The molecule has 0 saturated carbocycles. The van der Waals surface area contributed by atoms with Gasteiger partial charge in [-0.1, -0.05) is 12.1 Å². The number of hydrogen-bond donors (Lipinski definition) is 2. The number of nitrogens with zero attached hydrogens (tertiary/aromatic N) is 1. The molecule has 1 saturated heterocycles. The van der Waals surface area contributed by atoms with E-state index in [2.05, 4.69) is 5.32 Å². The molecule has 0 unspecified atom stereocenters. The SMILES string of the molecule is COc1ccc(C=C2C(=O)NC(=S)N(c3cccc(C(=O)O)c3)C2=O)c(C)c1. The third-order valence-electron chi connectivity index (χ3n) is 4.23. The molecule has 2 aromatic rings. The van der Waals surface area contributed by atoms with Gasteiger partial charge in [-0.25, -0.2) is 4.79 Å². The first-order chi connectivity index (χ1) is 13.3. The van der Waals surface area contributed by atoms with Crippen LogP contribution in [0.2, 0.25) is 0 Å². The molecule has 1 aliphatic rings. The highest BCUT2D eigenvalue weighted by Crippen LogP contribution is 2.25. The van der Waals surface area contributed by atoms with Crippen LogP contribution in [0.4, 0.5) is 5.69 Å². The van der Waals surface area contributed by atoms with E-state index >= 15 is 0 Å². The number of carboxylic acids is 1. The first-order valence-electron chi connectivity index (χ1n) is 8.21. The number of aryl methyl sites for hydroxylation is 1. The molecule has 1 aliphatic heterocycles. The van der Waals surface area contributed by atoms with Crippen LogP contribution in [-0.4, -0.2) is 35.1 Å². The van der Waals surface area contributed by atoms with E-state index < -0.39 is 17.8 Å². The van der Waals surface area contributed by atoms with Crippen LogP contribution in [0, 0.1) is 6.92 Å². The number of nitrogens with one attached hydrogen (secondary N) is 1. The molecule has 0 spiro atoms. The van der Waals surface area contributed by atoms with Crippen molar-refractivity contribution in [1.29, 1.82) is 0 Å². The monoisotopic (exact) mass is 396 g/mol. The molecule has 2 N–H and O–H groups in total. The van der Waals surface area contributed by atoms with Crippen molar-refractivity contribution in [3.63, 3.8) is 0 Å². The maximum absolute atomic E-state index is 13.0. The fraction of sp³-hybridized carbons (Fsp3) is 0.100. The van der Waals surface area contributed by atoms with Crippen LogP contribution in [-0.2, 0) is 9.59 Å². The number of aromatic carboxylic acids is 1. The predicted octanol–water partition coefficient (Wildman–Crippen LogP) is 2.53. The normalized spacial score (nSPS) is 15.6. The van der Waals surface area contributed by atoms with E-state index in [4.69, 9.17) is 17.0 Å². The minimum Gasteiger partial charge on any atom is -0.497 e. The maximum atomic E-state index is 13.0. The van der Waals surface area contributed by atoms with Gasteiger partial charge in [0.15, 0.2) is 5.11 Å². The number of thiocarbonyl (C=S) groups is 1. The summed E-state index contributed by atoms with van der Waals surface area (Å²) in [6.07, 6.45) is 1.47. The first-order valence-corrected chi connectivity index (χ1v) is 8.62. The molecule has 142 valence electrons. The summed E-state index contributed by atoms with van der Waals surface area (Å²) in [6, 6.07) is 11.0. The van der Waals surface area contributed by atoms with Crippen LogP contribution < -0.4 is 15.0 Å². The Morgan fingerprint density at radius 2 is 1.96 bits per heavy atom. The lowest BCUT2D eigenvalue weighted by atomic mass is 10.0. The van der Waals surface area contributed by atoms with Crippen LogP contribution in [0.1, 0.15) is 21.5 Å². The van der Waals surface area contributed by atoms with Crippen LogP contribution in [0.3, 0.4) is 0 Å². The highest BCUT2D eigenvalue weighted by Gasteiger charge is 2.34. The molecular weight excluding hydrogens is 380 g/mol. The Kier molecular flexibility index (Phi) is 5.23. The minimum absolute atomic E-state index is 0.00142. The molecule has 2 amide bonds. The van der Waals surface area contributed by atoms with Crippen LogP contribution >= 0.6 is 12.2 Å². The molecule has 3 rings (SSSR count). The van der Waals surface area contributed by atoms with Gasteiger partial charge >= 0.3 is 5.97 Å². The minimum atomic E-state index is -1.13. The van der Waals surface area contributed by atoms with Crippen LogP contribution in [0.5, 0.6) is 5.75 Å². The lowest BCUT2D eigenvalue weighted by Gasteiger charge is -2.29. The van der Waals surface area contributed by atoms with E-state index in [1.807, 2.05) is 6.92 Å². The number of carbonyl (C=O) groups is 3. The molecule has 2 aromatic carbocycles. The van der Waals surface area contributed by atoms with Crippen molar-refractivity contribution < 1.29 is 24.2 Å². The van der Waals surface area contributed by atoms with Gasteiger partial charge in [-0.3, -0.25) is 19.8 Å². The number of benzene rings is 2. The Morgan fingerprint density at radius 1 is 1.21 bits per heavy atom. The maximum Gasteiger partial charge on any atom is 0.335 e. The van der Waals surface area contributed by atoms with Crippen molar-refractivity contribution in [2.45, 2.75) is 6.92 Å². The highest BCUT2D eigenvalue weighted by atomic mass is 32.1. The van der Waals surface area contributed by atoms with Crippen LogP contribution in [0.15, 0.2) is 48.0 Å². The molecular formula is C20H16N2O5S. The van der Waals surface area contributed by atoms with Gasteiger partial charge in [-0.05, 0) is 66.7 Å². The smallest absolute Gasteiger partial charge is 0.335 e. The van der Waals surface area contributed by atoms with Gasteiger partial charge in [-0.15, -0.1) is 0 Å². The summed E-state index contributed by atoms with van der Waals surface area (Å²) in [5.41, 5.74) is 1.64. The Labute approximate surface area is 166 Å². The van der Waals surface area contributed by atoms with Crippen molar-refractivity contribution >= 4 is 46.9 Å². The van der Waals surface area contributed by atoms with Crippen molar-refractivity contribution in [3.05, 3.63) is 64.7 Å². The molecule has 28 heavy (non-hydrogen) atoms. The Morgan fingerprint density at radius 3 is 2.61 bits per heavy atom. The molecule has 1 fully saturated rings. The zero-order valence-corrected chi connectivity index (χ0v) is 15.9. The number of anilines is 1. The third kappa shape index (κ3) is 3.63. The molecule has 0 radical (unpaired) electrons. The highest BCUT2D eigenvalue weighted by molar-refractivity contribution is 7.80. The lowest BCUT2D eigenvalue weighted by molar-refractivity contribution is -0.122. The van der Waals surface area contributed by atoms with E-state index in [9.17, 15) is 19.5 Å². The van der Waals surface area contributed by atoms with Crippen molar-refractivity contribution in [2.75, 3.05) is 12.0 Å². The Hall–Kier alpha value is -3.52. The predicted molar refractivity (Wildman–Crippen MR) is 107 cm³/mol. The van der Waals surface area contributed by atoms with E-state index in [0.29, 0.717) is 11.3 Å². The second kappa shape index (κ2) is 7.61. The molecule has 8 heteroatoms.